The summed E-state index contributed by atoms with van der Waals surface area (Å²) in [4.78, 5) is 11.2. The van der Waals surface area contributed by atoms with Crippen LogP contribution in [0, 0.1) is 5.41 Å². The standard InChI is InChI=1S/C9H13FO/c1-6(2)4-8(11)9(3)5-7(9)10/h7H,1,4-5H2,2-3H3. The lowest BCUT2D eigenvalue weighted by Gasteiger charge is -2.05. The summed E-state index contributed by atoms with van der Waals surface area (Å²) in [7, 11) is 0. The number of halogens is 1. The van der Waals surface area contributed by atoms with E-state index in [1.54, 1.807) is 13.8 Å². The molecule has 62 valence electrons. The number of carbonyl (C=O) groups excluding carboxylic acids is 1. The van der Waals surface area contributed by atoms with Crippen LogP contribution in [0.25, 0.3) is 0 Å². The van der Waals surface area contributed by atoms with E-state index in [4.69, 9.17) is 0 Å². The van der Waals surface area contributed by atoms with Gasteiger partial charge in [0, 0.05) is 6.42 Å². The minimum atomic E-state index is -0.908. The second-order valence-corrected chi connectivity index (χ2v) is 3.65. The highest BCUT2D eigenvalue weighted by Gasteiger charge is 2.56. The minimum Gasteiger partial charge on any atom is -0.299 e. The fourth-order valence-electron chi connectivity index (χ4n) is 1.08. The average Bonchev–Trinajstić information content (AvgIpc) is 2.40. The number of Topliss-reactive ketones (excluding diaryl/α,β-unsaturated/α-hetero) is 1. The summed E-state index contributed by atoms with van der Waals surface area (Å²) < 4.78 is 12.6. The van der Waals surface area contributed by atoms with Gasteiger partial charge in [-0.2, -0.15) is 0 Å². The maximum Gasteiger partial charge on any atom is 0.145 e. The van der Waals surface area contributed by atoms with E-state index in [-0.39, 0.29) is 5.78 Å². The molecule has 0 heterocycles. The Morgan fingerprint density at radius 2 is 2.27 bits per heavy atom. The molecule has 1 nitrogen and oxygen atoms in total. The van der Waals surface area contributed by atoms with E-state index in [1.165, 1.54) is 0 Å². The number of alkyl halides is 1. The highest BCUT2D eigenvalue weighted by atomic mass is 19.1. The van der Waals surface area contributed by atoms with Crippen molar-refractivity contribution in [3.63, 3.8) is 0 Å². The monoisotopic (exact) mass is 156 g/mol. The predicted molar refractivity (Wildman–Crippen MR) is 42.1 cm³/mol. The van der Waals surface area contributed by atoms with Crippen LogP contribution in [0.2, 0.25) is 0 Å². The van der Waals surface area contributed by atoms with Gasteiger partial charge >= 0.3 is 0 Å². The maximum absolute atomic E-state index is 12.6. The lowest BCUT2D eigenvalue weighted by atomic mass is 9.98. The normalized spacial score (nSPS) is 35.0. The number of carbonyl (C=O) groups is 1. The molecule has 0 amide bonds. The minimum absolute atomic E-state index is 0.00231. The van der Waals surface area contributed by atoms with Crippen LogP contribution in [-0.4, -0.2) is 12.0 Å². The van der Waals surface area contributed by atoms with Crippen molar-refractivity contribution in [2.45, 2.75) is 32.9 Å². The Hall–Kier alpha value is -0.660. The molecule has 2 atom stereocenters. The van der Waals surface area contributed by atoms with Crippen LogP contribution in [0.4, 0.5) is 4.39 Å². The lowest BCUT2D eigenvalue weighted by molar-refractivity contribution is -0.123. The molecule has 11 heavy (non-hydrogen) atoms. The first-order valence-corrected chi connectivity index (χ1v) is 3.78. The van der Waals surface area contributed by atoms with Crippen LogP contribution in [0.1, 0.15) is 26.7 Å². The second-order valence-electron chi connectivity index (χ2n) is 3.65. The summed E-state index contributed by atoms with van der Waals surface area (Å²) in [5, 5.41) is 0. The zero-order valence-electron chi connectivity index (χ0n) is 6.98. The van der Waals surface area contributed by atoms with Crippen LogP contribution >= 0.6 is 0 Å². The van der Waals surface area contributed by atoms with Crippen LogP contribution in [-0.2, 0) is 4.79 Å². The molecule has 1 fully saturated rings. The fraction of sp³-hybridized carbons (Fsp3) is 0.667. The molecule has 0 aromatic carbocycles. The van der Waals surface area contributed by atoms with Crippen LogP contribution in [0.15, 0.2) is 12.2 Å². The van der Waals surface area contributed by atoms with Crippen LogP contribution in [0.3, 0.4) is 0 Å². The molecule has 0 spiro atoms. The highest BCUT2D eigenvalue weighted by molar-refractivity contribution is 5.89. The third-order valence-electron chi connectivity index (χ3n) is 2.23. The topological polar surface area (TPSA) is 17.1 Å². The zero-order valence-corrected chi connectivity index (χ0v) is 6.98. The molecule has 0 aromatic rings. The zero-order chi connectivity index (χ0) is 8.65. The second kappa shape index (κ2) is 2.43. The number of allylic oxidation sites excluding steroid dienone is 1. The molecule has 1 aliphatic carbocycles. The smallest absolute Gasteiger partial charge is 0.145 e. The van der Waals surface area contributed by atoms with Crippen molar-refractivity contribution in [1.82, 2.24) is 0 Å². The first-order valence-electron chi connectivity index (χ1n) is 3.78. The van der Waals surface area contributed by atoms with E-state index >= 15 is 0 Å². The lowest BCUT2D eigenvalue weighted by Crippen LogP contribution is -2.14. The third kappa shape index (κ3) is 1.50. The SMILES string of the molecule is C=C(C)CC(=O)C1(C)CC1F. The molecule has 0 bridgehead atoms. The molecule has 0 saturated heterocycles. The van der Waals surface area contributed by atoms with Gasteiger partial charge in [-0.3, -0.25) is 4.79 Å². The van der Waals surface area contributed by atoms with Crippen molar-refractivity contribution < 1.29 is 9.18 Å². The third-order valence-corrected chi connectivity index (χ3v) is 2.23. The summed E-state index contributed by atoms with van der Waals surface area (Å²) >= 11 is 0. The summed E-state index contributed by atoms with van der Waals surface area (Å²) in [5.41, 5.74) is 0.147. The van der Waals surface area contributed by atoms with Crippen molar-refractivity contribution in [3.8, 4) is 0 Å². The molecule has 0 aliphatic heterocycles. The Morgan fingerprint density at radius 1 is 1.82 bits per heavy atom. The van der Waals surface area contributed by atoms with E-state index in [1.807, 2.05) is 0 Å². The first kappa shape index (κ1) is 8.44. The molecule has 0 N–H and O–H groups in total. The molecule has 0 radical (unpaired) electrons. The van der Waals surface area contributed by atoms with Gasteiger partial charge < -0.3 is 0 Å². The van der Waals surface area contributed by atoms with Crippen molar-refractivity contribution in [2.24, 2.45) is 5.41 Å². The van der Waals surface area contributed by atoms with Gasteiger partial charge in [0.2, 0.25) is 0 Å². The molecule has 1 aliphatic rings. The predicted octanol–water partition coefficient (Wildman–Crippen LogP) is 2.27. The van der Waals surface area contributed by atoms with Gasteiger partial charge in [-0.15, -0.1) is 0 Å². The van der Waals surface area contributed by atoms with Gasteiger partial charge in [-0.25, -0.2) is 4.39 Å². The summed E-state index contributed by atoms with van der Waals surface area (Å²) in [5.74, 6) is -0.00231. The van der Waals surface area contributed by atoms with Gasteiger partial charge in [0.1, 0.15) is 12.0 Å². The Morgan fingerprint density at radius 3 is 2.55 bits per heavy atom. The quantitative estimate of drug-likeness (QED) is 0.573. The molecule has 0 aromatic heterocycles. The van der Waals surface area contributed by atoms with E-state index in [0.717, 1.165) is 5.57 Å². The number of hydrogen-bond acceptors (Lipinski definition) is 1. The van der Waals surface area contributed by atoms with Crippen molar-refractivity contribution in [1.29, 1.82) is 0 Å². The van der Waals surface area contributed by atoms with Gasteiger partial charge in [-0.05, 0) is 20.3 Å². The first-order chi connectivity index (χ1) is 4.97. The summed E-state index contributed by atoms with van der Waals surface area (Å²) in [6.07, 6.45) is -0.176. The molecular formula is C9H13FO. The van der Waals surface area contributed by atoms with Gasteiger partial charge in [0.25, 0.3) is 0 Å². The van der Waals surface area contributed by atoms with Crippen LogP contribution < -0.4 is 0 Å². The van der Waals surface area contributed by atoms with Gasteiger partial charge in [0.15, 0.2) is 0 Å². The van der Waals surface area contributed by atoms with E-state index in [2.05, 4.69) is 6.58 Å². The Balaban J connectivity index is 2.50. The van der Waals surface area contributed by atoms with Gasteiger partial charge in [-0.1, -0.05) is 12.2 Å². The number of hydrogen-bond donors (Lipinski definition) is 0. The Labute approximate surface area is 66.3 Å². The molecular weight excluding hydrogens is 143 g/mol. The molecule has 2 heteroatoms. The van der Waals surface area contributed by atoms with Crippen LogP contribution in [0.5, 0.6) is 0 Å². The Bertz CT molecular complexity index is 210. The highest BCUT2D eigenvalue weighted by Crippen LogP contribution is 2.49. The fourth-order valence-corrected chi connectivity index (χ4v) is 1.08. The van der Waals surface area contributed by atoms with Crippen molar-refractivity contribution in [3.05, 3.63) is 12.2 Å². The van der Waals surface area contributed by atoms with Crippen molar-refractivity contribution >= 4 is 5.78 Å². The molecule has 1 rings (SSSR count). The summed E-state index contributed by atoms with van der Waals surface area (Å²) in [6, 6.07) is 0. The van der Waals surface area contributed by atoms with E-state index < -0.39 is 11.6 Å². The Kier molecular flexibility index (Phi) is 1.87. The van der Waals surface area contributed by atoms with Crippen molar-refractivity contribution in [2.75, 3.05) is 0 Å². The van der Waals surface area contributed by atoms with Gasteiger partial charge in [0.05, 0.1) is 5.41 Å². The summed E-state index contributed by atoms with van der Waals surface area (Å²) in [6.45, 7) is 7.09. The molecule has 2 unspecified atom stereocenters. The van der Waals surface area contributed by atoms with E-state index in [0.29, 0.717) is 12.8 Å². The largest absolute Gasteiger partial charge is 0.299 e. The average molecular weight is 156 g/mol. The number of ketones is 1. The number of rotatable bonds is 3. The van der Waals surface area contributed by atoms with E-state index in [9.17, 15) is 9.18 Å². The maximum atomic E-state index is 12.6. The molecule has 1 saturated carbocycles.